The van der Waals surface area contributed by atoms with Crippen LogP contribution in [-0.4, -0.2) is 16.7 Å². The van der Waals surface area contributed by atoms with Crippen LogP contribution < -0.4 is 0 Å². The molecule has 0 aliphatic rings. The molecule has 0 unspecified atom stereocenters. The number of hydrogen-bond acceptors (Lipinski definition) is 3. The van der Waals surface area contributed by atoms with Crippen molar-refractivity contribution in [3.05, 3.63) is 76.0 Å². The number of carbonyl (C=O) groups excluding carboxylic acids is 2. The van der Waals surface area contributed by atoms with Crippen LogP contribution in [0.5, 0.6) is 5.75 Å². The van der Waals surface area contributed by atoms with E-state index in [1.807, 2.05) is 0 Å². The van der Waals surface area contributed by atoms with Crippen molar-refractivity contribution >= 4 is 39.6 Å². The van der Waals surface area contributed by atoms with Crippen LogP contribution in [0.4, 0.5) is 4.39 Å². The van der Waals surface area contributed by atoms with Crippen LogP contribution in [0.2, 0.25) is 0 Å². The largest absolute Gasteiger partial charge is 0.508 e. The quantitative estimate of drug-likeness (QED) is 0.583. The smallest absolute Gasteiger partial charge is 0.163 e. The van der Waals surface area contributed by atoms with Crippen LogP contribution in [0.1, 0.15) is 17.5 Å². The van der Waals surface area contributed by atoms with E-state index in [2.05, 4.69) is 15.9 Å². The van der Waals surface area contributed by atoms with E-state index in [-0.39, 0.29) is 23.5 Å². The van der Waals surface area contributed by atoms with E-state index in [1.165, 1.54) is 36.4 Å². The first-order valence-electron chi connectivity index (χ1n) is 7.10. The van der Waals surface area contributed by atoms with Gasteiger partial charge in [-0.2, -0.15) is 0 Å². The maximum atomic E-state index is 13.5. The summed E-state index contributed by atoms with van der Waals surface area (Å²) in [7, 11) is 0. The van der Waals surface area contributed by atoms with Gasteiger partial charge >= 0.3 is 0 Å². The molecule has 0 fully saturated rings. The highest BCUT2D eigenvalue weighted by molar-refractivity contribution is 9.10. The number of aromatic hydroxyl groups is 1. The molecule has 0 saturated heterocycles. The highest BCUT2D eigenvalue weighted by Crippen LogP contribution is 2.17. The molecule has 0 aliphatic carbocycles. The molecule has 0 aromatic heterocycles. The first kappa shape index (κ1) is 17.8. The fourth-order valence-corrected chi connectivity index (χ4v) is 2.27. The van der Waals surface area contributed by atoms with E-state index in [0.29, 0.717) is 4.47 Å². The summed E-state index contributed by atoms with van der Waals surface area (Å²) in [5.74, 6) is -1.07. The Balaban J connectivity index is 1.94. The van der Waals surface area contributed by atoms with Crippen molar-refractivity contribution in [3.8, 4) is 5.75 Å². The van der Waals surface area contributed by atoms with Crippen molar-refractivity contribution < 1.29 is 19.1 Å². The lowest BCUT2D eigenvalue weighted by molar-refractivity contribution is -0.121. The molecule has 0 heterocycles. The second kappa shape index (κ2) is 8.36. The summed E-state index contributed by atoms with van der Waals surface area (Å²) >= 11 is 3.23. The minimum absolute atomic E-state index is 0.138. The van der Waals surface area contributed by atoms with E-state index in [0.717, 1.165) is 5.56 Å². The van der Waals surface area contributed by atoms with Crippen molar-refractivity contribution in [1.29, 1.82) is 0 Å². The standard InChI is InChI=1S/C19H14BrFO3/c20-15-5-10-19(21)14(11-15)4-9-18(24)12-17(23)8-3-13-1-6-16(22)7-2-13/h1-11,22H,12H2. The second-order valence-electron chi connectivity index (χ2n) is 5.03. The number of rotatable bonds is 6. The number of halogens is 2. The fourth-order valence-electron chi connectivity index (χ4n) is 1.89. The summed E-state index contributed by atoms with van der Waals surface area (Å²) in [6, 6.07) is 10.7. The van der Waals surface area contributed by atoms with Gasteiger partial charge in [0.25, 0.3) is 0 Å². The van der Waals surface area contributed by atoms with Crippen molar-refractivity contribution in [3.63, 3.8) is 0 Å². The normalized spacial score (nSPS) is 11.2. The Morgan fingerprint density at radius 1 is 1.00 bits per heavy atom. The molecule has 0 bridgehead atoms. The summed E-state index contributed by atoms with van der Waals surface area (Å²) in [5, 5.41) is 9.17. The molecule has 0 saturated carbocycles. The molecule has 24 heavy (non-hydrogen) atoms. The summed E-state index contributed by atoms with van der Waals surface area (Å²) in [6.45, 7) is 0. The molecule has 0 aliphatic heterocycles. The SMILES string of the molecule is O=C(C=Cc1ccc(O)cc1)CC(=O)C=Cc1cc(Br)ccc1F. The summed E-state index contributed by atoms with van der Waals surface area (Å²) in [6.07, 6.45) is 5.11. The molecular formula is C19H14BrFO3. The highest BCUT2D eigenvalue weighted by atomic mass is 79.9. The lowest BCUT2D eigenvalue weighted by Gasteiger charge is -1.97. The topological polar surface area (TPSA) is 54.4 Å². The van der Waals surface area contributed by atoms with Gasteiger partial charge in [-0.3, -0.25) is 9.59 Å². The lowest BCUT2D eigenvalue weighted by atomic mass is 10.1. The molecule has 0 atom stereocenters. The first-order valence-corrected chi connectivity index (χ1v) is 7.89. The Morgan fingerprint density at radius 3 is 2.29 bits per heavy atom. The van der Waals surface area contributed by atoms with Crippen molar-refractivity contribution in [2.75, 3.05) is 0 Å². The first-order chi connectivity index (χ1) is 11.4. The monoisotopic (exact) mass is 388 g/mol. The van der Waals surface area contributed by atoms with Gasteiger partial charge < -0.3 is 5.11 Å². The predicted octanol–water partition coefficient (Wildman–Crippen LogP) is 4.55. The Bertz CT molecular complexity index is 808. The number of phenols is 1. The van der Waals surface area contributed by atoms with Gasteiger partial charge in [0.2, 0.25) is 0 Å². The molecule has 1 N–H and O–H groups in total. The molecule has 3 nitrogen and oxygen atoms in total. The van der Waals surface area contributed by atoms with Gasteiger partial charge in [0.05, 0.1) is 6.42 Å². The Morgan fingerprint density at radius 2 is 1.62 bits per heavy atom. The van der Waals surface area contributed by atoms with Gasteiger partial charge in [-0.25, -0.2) is 4.39 Å². The van der Waals surface area contributed by atoms with Gasteiger partial charge in [0.1, 0.15) is 11.6 Å². The molecule has 2 rings (SSSR count). The van der Waals surface area contributed by atoms with Crippen LogP contribution in [0.25, 0.3) is 12.2 Å². The van der Waals surface area contributed by atoms with E-state index >= 15 is 0 Å². The van der Waals surface area contributed by atoms with Gasteiger partial charge in [-0.1, -0.05) is 34.1 Å². The van der Waals surface area contributed by atoms with Crippen LogP contribution >= 0.6 is 15.9 Å². The van der Waals surface area contributed by atoms with Gasteiger partial charge in [-0.05, 0) is 54.1 Å². The second-order valence-corrected chi connectivity index (χ2v) is 5.95. The Labute approximate surface area is 147 Å². The van der Waals surface area contributed by atoms with Crippen molar-refractivity contribution in [1.82, 2.24) is 0 Å². The van der Waals surface area contributed by atoms with E-state index in [9.17, 15) is 14.0 Å². The molecule has 2 aromatic carbocycles. The van der Waals surface area contributed by atoms with Crippen LogP contribution in [0.15, 0.2) is 59.1 Å². The molecule has 0 spiro atoms. The average molecular weight is 389 g/mol. The van der Waals surface area contributed by atoms with Crippen molar-refractivity contribution in [2.24, 2.45) is 0 Å². The van der Waals surface area contributed by atoms with Gasteiger partial charge in [0, 0.05) is 10.0 Å². The molecule has 122 valence electrons. The lowest BCUT2D eigenvalue weighted by Crippen LogP contribution is -2.02. The maximum absolute atomic E-state index is 13.5. The molecule has 0 radical (unpaired) electrons. The molecule has 2 aromatic rings. The Kier molecular flexibility index (Phi) is 6.21. The van der Waals surface area contributed by atoms with Crippen LogP contribution in [0, 0.1) is 5.82 Å². The minimum atomic E-state index is -0.444. The zero-order valence-corrected chi connectivity index (χ0v) is 14.2. The van der Waals surface area contributed by atoms with E-state index in [1.54, 1.807) is 30.3 Å². The Hall–Kier alpha value is -2.53. The fraction of sp³-hybridized carbons (Fsp3) is 0.0526. The van der Waals surface area contributed by atoms with E-state index in [4.69, 9.17) is 5.11 Å². The third-order valence-corrected chi connectivity index (χ3v) is 3.60. The number of allylic oxidation sites excluding steroid dienone is 2. The highest BCUT2D eigenvalue weighted by Gasteiger charge is 2.05. The molecular weight excluding hydrogens is 375 g/mol. The third kappa shape index (κ3) is 5.59. The number of carbonyl (C=O) groups is 2. The summed E-state index contributed by atoms with van der Waals surface area (Å²) < 4.78 is 14.2. The minimum Gasteiger partial charge on any atom is -0.508 e. The number of hydrogen-bond donors (Lipinski definition) is 1. The van der Waals surface area contributed by atoms with Crippen LogP contribution in [-0.2, 0) is 9.59 Å². The number of benzene rings is 2. The molecule has 5 heteroatoms. The molecule has 0 amide bonds. The predicted molar refractivity (Wildman–Crippen MR) is 94.9 cm³/mol. The number of ketones is 2. The van der Waals surface area contributed by atoms with Gasteiger partial charge in [-0.15, -0.1) is 0 Å². The summed E-state index contributed by atoms with van der Waals surface area (Å²) in [4.78, 5) is 23.5. The zero-order valence-electron chi connectivity index (χ0n) is 12.6. The third-order valence-electron chi connectivity index (χ3n) is 3.11. The average Bonchev–Trinajstić information content (AvgIpc) is 2.55. The number of phenolic OH excluding ortho intramolecular Hbond substituents is 1. The van der Waals surface area contributed by atoms with Crippen molar-refractivity contribution in [2.45, 2.75) is 6.42 Å². The van der Waals surface area contributed by atoms with Crippen LogP contribution in [0.3, 0.4) is 0 Å². The zero-order chi connectivity index (χ0) is 17.5. The van der Waals surface area contributed by atoms with E-state index < -0.39 is 11.6 Å². The van der Waals surface area contributed by atoms with Gasteiger partial charge in [0.15, 0.2) is 11.6 Å². The maximum Gasteiger partial charge on any atom is 0.163 e. The summed E-state index contributed by atoms with van der Waals surface area (Å²) in [5.41, 5.74) is 1.00.